The van der Waals surface area contributed by atoms with Crippen LogP contribution < -0.4 is 5.32 Å². The number of nitrogens with zero attached hydrogens (tertiary/aromatic N) is 1. The van der Waals surface area contributed by atoms with E-state index >= 15 is 0 Å². The van der Waals surface area contributed by atoms with Crippen molar-refractivity contribution in [3.8, 4) is 0 Å². The van der Waals surface area contributed by atoms with Gasteiger partial charge >= 0.3 is 0 Å². The van der Waals surface area contributed by atoms with Crippen molar-refractivity contribution in [2.75, 3.05) is 0 Å². The van der Waals surface area contributed by atoms with Crippen molar-refractivity contribution in [1.82, 2.24) is 10.3 Å². The Kier molecular flexibility index (Phi) is 3.67. The van der Waals surface area contributed by atoms with Gasteiger partial charge in [-0.2, -0.15) is 0 Å². The van der Waals surface area contributed by atoms with Crippen LogP contribution in [0, 0.1) is 5.82 Å². The van der Waals surface area contributed by atoms with Crippen LogP contribution in [0.2, 0.25) is 0 Å². The molecule has 0 spiro atoms. The molecule has 0 radical (unpaired) electrons. The molecule has 16 heavy (non-hydrogen) atoms. The smallest absolute Gasteiger partial charge is 0.141 e. The fraction of sp³-hybridized carbons (Fsp3) is 0.462. The molecule has 1 N–H and O–H groups in total. The second-order valence-electron chi connectivity index (χ2n) is 4.27. The molecule has 2 rings (SSSR count). The van der Waals surface area contributed by atoms with Crippen molar-refractivity contribution in [2.45, 2.75) is 38.3 Å². The van der Waals surface area contributed by atoms with Gasteiger partial charge in [-0.25, -0.2) is 4.39 Å². The summed E-state index contributed by atoms with van der Waals surface area (Å²) in [7, 11) is 0. The van der Waals surface area contributed by atoms with Gasteiger partial charge in [0.2, 0.25) is 0 Å². The molecule has 0 aliphatic heterocycles. The molecule has 1 aromatic heterocycles. The summed E-state index contributed by atoms with van der Waals surface area (Å²) in [4.78, 5) is 4.09. The van der Waals surface area contributed by atoms with E-state index in [-0.39, 0.29) is 11.9 Å². The molecule has 2 unspecified atom stereocenters. The van der Waals surface area contributed by atoms with E-state index in [0.29, 0.717) is 6.04 Å². The molecule has 0 amide bonds. The van der Waals surface area contributed by atoms with Gasteiger partial charge in [-0.1, -0.05) is 12.2 Å². The van der Waals surface area contributed by atoms with E-state index in [4.69, 9.17) is 0 Å². The van der Waals surface area contributed by atoms with Crippen LogP contribution in [0.25, 0.3) is 0 Å². The first-order valence-electron chi connectivity index (χ1n) is 5.78. The van der Waals surface area contributed by atoms with Crippen molar-refractivity contribution >= 4 is 0 Å². The molecule has 0 fully saturated rings. The molecule has 1 aliphatic rings. The molecule has 1 aliphatic carbocycles. The zero-order valence-corrected chi connectivity index (χ0v) is 9.49. The summed E-state index contributed by atoms with van der Waals surface area (Å²) in [5.41, 5.74) is 0.899. The van der Waals surface area contributed by atoms with Crippen LogP contribution in [0.5, 0.6) is 0 Å². The monoisotopic (exact) mass is 220 g/mol. The minimum atomic E-state index is -0.281. The molecule has 3 heteroatoms. The van der Waals surface area contributed by atoms with Gasteiger partial charge in [-0.05, 0) is 38.3 Å². The molecule has 0 saturated heterocycles. The molecule has 0 saturated carbocycles. The molecule has 1 heterocycles. The molecule has 0 aromatic carbocycles. The lowest BCUT2D eigenvalue weighted by molar-refractivity contribution is 0.420. The van der Waals surface area contributed by atoms with Gasteiger partial charge < -0.3 is 5.32 Å². The van der Waals surface area contributed by atoms with Crippen LogP contribution >= 0.6 is 0 Å². The lowest BCUT2D eigenvalue weighted by Gasteiger charge is -2.23. The first kappa shape index (κ1) is 11.3. The zero-order chi connectivity index (χ0) is 11.4. The summed E-state index contributed by atoms with van der Waals surface area (Å²) < 4.78 is 12.7. The highest BCUT2D eigenvalue weighted by Gasteiger charge is 2.14. The maximum Gasteiger partial charge on any atom is 0.141 e. The Balaban J connectivity index is 1.94. The highest BCUT2D eigenvalue weighted by molar-refractivity contribution is 5.09. The summed E-state index contributed by atoms with van der Waals surface area (Å²) in [6, 6.07) is 3.90. The summed E-state index contributed by atoms with van der Waals surface area (Å²) in [6.45, 7) is 2.07. The summed E-state index contributed by atoms with van der Waals surface area (Å²) in [6.07, 6.45) is 9.09. The van der Waals surface area contributed by atoms with Crippen molar-refractivity contribution in [3.63, 3.8) is 0 Å². The van der Waals surface area contributed by atoms with Crippen molar-refractivity contribution < 1.29 is 4.39 Å². The molecule has 2 atom stereocenters. The highest BCUT2D eigenvalue weighted by Crippen LogP contribution is 2.16. The maximum absolute atomic E-state index is 12.7. The van der Waals surface area contributed by atoms with E-state index in [1.807, 2.05) is 0 Å². The van der Waals surface area contributed by atoms with E-state index < -0.39 is 0 Å². The number of hydrogen-bond acceptors (Lipinski definition) is 2. The minimum Gasteiger partial charge on any atom is -0.306 e. The molecule has 86 valence electrons. The van der Waals surface area contributed by atoms with Crippen LogP contribution in [0.4, 0.5) is 4.39 Å². The third kappa shape index (κ3) is 2.89. The number of pyridine rings is 1. The van der Waals surface area contributed by atoms with E-state index in [1.165, 1.54) is 18.7 Å². The third-order valence-electron chi connectivity index (χ3n) is 2.95. The van der Waals surface area contributed by atoms with Gasteiger partial charge in [-0.15, -0.1) is 0 Å². The number of allylic oxidation sites excluding steroid dienone is 1. The summed E-state index contributed by atoms with van der Waals surface area (Å²) in [5.74, 6) is -0.281. The number of halogens is 1. The molecular formula is C13H17FN2. The zero-order valence-electron chi connectivity index (χ0n) is 9.49. The Labute approximate surface area is 95.6 Å². The predicted octanol–water partition coefficient (Wildman–Crippen LogP) is 2.98. The van der Waals surface area contributed by atoms with Crippen molar-refractivity contribution in [3.05, 3.63) is 42.0 Å². The molecular weight excluding hydrogens is 203 g/mol. The first-order valence-corrected chi connectivity index (χ1v) is 5.78. The molecule has 0 bridgehead atoms. The van der Waals surface area contributed by atoms with Crippen molar-refractivity contribution in [2.24, 2.45) is 0 Å². The summed E-state index contributed by atoms with van der Waals surface area (Å²) in [5, 5.41) is 3.52. The Bertz CT molecular complexity index is 359. The Morgan fingerprint density at radius 1 is 1.44 bits per heavy atom. The number of rotatable bonds is 3. The van der Waals surface area contributed by atoms with Gasteiger partial charge in [0.25, 0.3) is 0 Å². The van der Waals surface area contributed by atoms with E-state index in [0.717, 1.165) is 18.5 Å². The number of aromatic nitrogens is 1. The predicted molar refractivity (Wildman–Crippen MR) is 62.5 cm³/mol. The van der Waals surface area contributed by atoms with Gasteiger partial charge in [0.1, 0.15) is 5.82 Å². The second kappa shape index (κ2) is 5.21. The minimum absolute atomic E-state index is 0.178. The fourth-order valence-corrected chi connectivity index (χ4v) is 2.03. The van der Waals surface area contributed by atoms with Crippen LogP contribution in [-0.4, -0.2) is 11.0 Å². The topological polar surface area (TPSA) is 24.9 Å². The number of nitrogens with one attached hydrogen (secondary N) is 1. The lowest BCUT2D eigenvalue weighted by Crippen LogP contribution is -2.32. The fourth-order valence-electron chi connectivity index (χ4n) is 2.03. The molecule has 2 nitrogen and oxygen atoms in total. The van der Waals surface area contributed by atoms with Crippen molar-refractivity contribution in [1.29, 1.82) is 0 Å². The maximum atomic E-state index is 12.7. The van der Waals surface area contributed by atoms with E-state index in [1.54, 1.807) is 6.07 Å². The van der Waals surface area contributed by atoms with Gasteiger partial charge in [0.15, 0.2) is 0 Å². The standard InChI is InChI=1S/C13H17FN2/c1-10(13-8-7-11(14)9-15-13)16-12-5-3-2-4-6-12/h2-3,7-10,12,16H,4-6H2,1H3. The van der Waals surface area contributed by atoms with Crippen LogP contribution in [0.3, 0.4) is 0 Å². The van der Waals surface area contributed by atoms with Crippen LogP contribution in [0.15, 0.2) is 30.5 Å². The Hall–Kier alpha value is -1.22. The average Bonchev–Trinajstić information content (AvgIpc) is 2.31. The normalized spacial score (nSPS) is 22.0. The Morgan fingerprint density at radius 3 is 2.94 bits per heavy atom. The third-order valence-corrected chi connectivity index (χ3v) is 2.95. The highest BCUT2D eigenvalue weighted by atomic mass is 19.1. The summed E-state index contributed by atoms with van der Waals surface area (Å²) >= 11 is 0. The average molecular weight is 220 g/mol. The van der Waals surface area contributed by atoms with Crippen LogP contribution in [0.1, 0.15) is 37.9 Å². The second-order valence-corrected chi connectivity index (χ2v) is 4.27. The SMILES string of the molecule is CC(NC1CC=CCC1)c1ccc(F)cn1. The quantitative estimate of drug-likeness (QED) is 0.792. The van der Waals surface area contributed by atoms with Gasteiger partial charge in [0.05, 0.1) is 11.9 Å². The van der Waals surface area contributed by atoms with Gasteiger partial charge in [0, 0.05) is 12.1 Å². The van der Waals surface area contributed by atoms with Gasteiger partial charge in [-0.3, -0.25) is 4.98 Å². The van der Waals surface area contributed by atoms with E-state index in [9.17, 15) is 4.39 Å². The first-order chi connectivity index (χ1) is 7.75. The number of hydrogen-bond donors (Lipinski definition) is 1. The molecule has 1 aromatic rings. The largest absolute Gasteiger partial charge is 0.306 e. The lowest BCUT2D eigenvalue weighted by atomic mass is 10.0. The van der Waals surface area contributed by atoms with E-state index in [2.05, 4.69) is 29.4 Å². The van der Waals surface area contributed by atoms with Crippen LogP contribution in [-0.2, 0) is 0 Å². The Morgan fingerprint density at radius 2 is 2.31 bits per heavy atom.